The highest BCUT2D eigenvalue weighted by Crippen LogP contribution is 2.36. The van der Waals surface area contributed by atoms with E-state index in [0.717, 1.165) is 24.8 Å². The van der Waals surface area contributed by atoms with Crippen molar-refractivity contribution in [2.45, 2.75) is 25.7 Å². The Labute approximate surface area is 108 Å². The Morgan fingerprint density at radius 1 is 1.47 bits per heavy atom. The summed E-state index contributed by atoms with van der Waals surface area (Å²) in [6.07, 6.45) is 3.25. The van der Waals surface area contributed by atoms with E-state index in [-0.39, 0.29) is 17.7 Å². The number of carboxylic acid groups (broad SMARTS) is 1. The molecule has 0 spiro atoms. The molecule has 2 unspecified atom stereocenters. The van der Waals surface area contributed by atoms with Crippen molar-refractivity contribution in [1.29, 1.82) is 0 Å². The van der Waals surface area contributed by atoms with Crippen molar-refractivity contribution in [3.8, 4) is 0 Å². The second-order valence-electron chi connectivity index (χ2n) is 4.55. The summed E-state index contributed by atoms with van der Waals surface area (Å²) in [7, 11) is 0. The van der Waals surface area contributed by atoms with Crippen molar-refractivity contribution in [3.05, 3.63) is 34.1 Å². The molecule has 1 aliphatic carbocycles. The van der Waals surface area contributed by atoms with E-state index in [0.29, 0.717) is 10.9 Å². The van der Waals surface area contributed by atoms with Gasteiger partial charge in [-0.1, -0.05) is 18.6 Å². The standard InChI is InChI=1S/C13H14BrFO2/c14-12-9(4-2-6-11(12)15)7-8-3-1-5-10(8)13(16)17/h2,4,6,8,10H,1,3,5,7H2,(H,16,17). The van der Waals surface area contributed by atoms with Crippen LogP contribution in [0.15, 0.2) is 22.7 Å². The van der Waals surface area contributed by atoms with Crippen LogP contribution in [0.5, 0.6) is 0 Å². The number of carbonyl (C=O) groups is 1. The highest BCUT2D eigenvalue weighted by Gasteiger charge is 2.33. The largest absolute Gasteiger partial charge is 0.481 e. The minimum atomic E-state index is -0.722. The quantitative estimate of drug-likeness (QED) is 0.925. The van der Waals surface area contributed by atoms with Gasteiger partial charge in [-0.15, -0.1) is 0 Å². The molecule has 0 amide bonds. The second kappa shape index (κ2) is 5.17. The summed E-state index contributed by atoms with van der Waals surface area (Å²) in [4.78, 5) is 11.1. The number of carboxylic acids is 1. The maximum atomic E-state index is 13.3. The normalized spacial score (nSPS) is 23.9. The fourth-order valence-corrected chi connectivity index (χ4v) is 3.02. The lowest BCUT2D eigenvalue weighted by Crippen LogP contribution is -2.20. The van der Waals surface area contributed by atoms with Crippen LogP contribution in [0.3, 0.4) is 0 Å². The zero-order chi connectivity index (χ0) is 12.4. The van der Waals surface area contributed by atoms with Crippen LogP contribution in [0.25, 0.3) is 0 Å². The second-order valence-corrected chi connectivity index (χ2v) is 5.35. The zero-order valence-electron chi connectivity index (χ0n) is 9.33. The van der Waals surface area contributed by atoms with Gasteiger partial charge in [0.25, 0.3) is 0 Å². The first-order chi connectivity index (χ1) is 8.09. The topological polar surface area (TPSA) is 37.3 Å². The minimum Gasteiger partial charge on any atom is -0.481 e. The van der Waals surface area contributed by atoms with Gasteiger partial charge in [-0.2, -0.15) is 0 Å². The number of rotatable bonds is 3. The van der Waals surface area contributed by atoms with Crippen LogP contribution in [0.2, 0.25) is 0 Å². The van der Waals surface area contributed by atoms with Gasteiger partial charge < -0.3 is 5.11 Å². The Morgan fingerprint density at radius 3 is 2.94 bits per heavy atom. The molecule has 0 bridgehead atoms. The van der Waals surface area contributed by atoms with E-state index in [1.54, 1.807) is 6.07 Å². The third-order valence-electron chi connectivity index (χ3n) is 3.49. The van der Waals surface area contributed by atoms with Gasteiger partial charge in [0.1, 0.15) is 5.82 Å². The van der Waals surface area contributed by atoms with Gasteiger partial charge in [0.2, 0.25) is 0 Å². The van der Waals surface area contributed by atoms with Gasteiger partial charge in [-0.05, 0) is 52.7 Å². The van der Waals surface area contributed by atoms with Crippen molar-refractivity contribution in [2.24, 2.45) is 11.8 Å². The van der Waals surface area contributed by atoms with Crippen LogP contribution in [0.1, 0.15) is 24.8 Å². The number of halogens is 2. The fraction of sp³-hybridized carbons (Fsp3) is 0.462. The van der Waals surface area contributed by atoms with E-state index in [2.05, 4.69) is 15.9 Å². The van der Waals surface area contributed by atoms with Crippen LogP contribution < -0.4 is 0 Å². The maximum Gasteiger partial charge on any atom is 0.306 e. The van der Waals surface area contributed by atoms with E-state index in [9.17, 15) is 9.18 Å². The first-order valence-corrected chi connectivity index (χ1v) is 6.54. The van der Waals surface area contributed by atoms with Gasteiger partial charge in [0.15, 0.2) is 0 Å². The molecule has 0 saturated heterocycles. The van der Waals surface area contributed by atoms with Crippen molar-refractivity contribution in [1.82, 2.24) is 0 Å². The first-order valence-electron chi connectivity index (χ1n) is 5.75. The van der Waals surface area contributed by atoms with Crippen LogP contribution in [0, 0.1) is 17.7 Å². The Bertz CT molecular complexity index is 433. The molecular formula is C13H14BrFO2. The number of hydrogen-bond donors (Lipinski definition) is 1. The van der Waals surface area contributed by atoms with Crippen molar-refractivity contribution >= 4 is 21.9 Å². The summed E-state index contributed by atoms with van der Waals surface area (Å²) in [6, 6.07) is 4.92. The summed E-state index contributed by atoms with van der Waals surface area (Å²) in [5, 5.41) is 9.10. The molecule has 17 heavy (non-hydrogen) atoms. The molecule has 2 atom stereocenters. The zero-order valence-corrected chi connectivity index (χ0v) is 10.9. The SMILES string of the molecule is O=C(O)C1CCCC1Cc1cccc(F)c1Br. The molecule has 1 aromatic carbocycles. The van der Waals surface area contributed by atoms with E-state index in [1.807, 2.05) is 6.07 Å². The average molecular weight is 301 g/mol. The van der Waals surface area contributed by atoms with Gasteiger partial charge >= 0.3 is 5.97 Å². The molecule has 2 nitrogen and oxygen atoms in total. The molecule has 92 valence electrons. The molecule has 1 N–H and O–H groups in total. The predicted molar refractivity (Wildman–Crippen MR) is 66.3 cm³/mol. The van der Waals surface area contributed by atoms with E-state index < -0.39 is 5.97 Å². The predicted octanol–water partition coefficient (Wildman–Crippen LogP) is 3.63. The van der Waals surface area contributed by atoms with Gasteiger partial charge in [0.05, 0.1) is 10.4 Å². The highest BCUT2D eigenvalue weighted by atomic mass is 79.9. The van der Waals surface area contributed by atoms with Crippen molar-refractivity contribution in [2.75, 3.05) is 0 Å². The van der Waals surface area contributed by atoms with Crippen LogP contribution in [-0.4, -0.2) is 11.1 Å². The smallest absolute Gasteiger partial charge is 0.306 e. The fourth-order valence-electron chi connectivity index (χ4n) is 2.59. The molecule has 0 heterocycles. The van der Waals surface area contributed by atoms with Crippen LogP contribution in [-0.2, 0) is 11.2 Å². The molecule has 0 radical (unpaired) electrons. The first kappa shape index (κ1) is 12.6. The van der Waals surface area contributed by atoms with E-state index in [1.165, 1.54) is 6.07 Å². The number of hydrogen-bond acceptors (Lipinski definition) is 1. The summed E-state index contributed by atoms with van der Waals surface area (Å²) >= 11 is 3.22. The summed E-state index contributed by atoms with van der Waals surface area (Å²) < 4.78 is 13.8. The van der Waals surface area contributed by atoms with Gasteiger partial charge in [0, 0.05) is 0 Å². The van der Waals surface area contributed by atoms with E-state index >= 15 is 0 Å². The third kappa shape index (κ3) is 2.68. The Morgan fingerprint density at radius 2 is 2.24 bits per heavy atom. The minimum absolute atomic E-state index is 0.130. The lowest BCUT2D eigenvalue weighted by atomic mass is 9.90. The molecule has 4 heteroatoms. The highest BCUT2D eigenvalue weighted by molar-refractivity contribution is 9.10. The number of aliphatic carboxylic acids is 1. The molecule has 0 aromatic heterocycles. The average Bonchev–Trinajstić information content (AvgIpc) is 2.73. The van der Waals surface area contributed by atoms with Gasteiger partial charge in [-0.25, -0.2) is 4.39 Å². The summed E-state index contributed by atoms with van der Waals surface area (Å²) in [5.41, 5.74) is 0.864. The summed E-state index contributed by atoms with van der Waals surface area (Å²) in [6.45, 7) is 0. The van der Waals surface area contributed by atoms with Crippen LogP contribution >= 0.6 is 15.9 Å². The van der Waals surface area contributed by atoms with Crippen molar-refractivity contribution in [3.63, 3.8) is 0 Å². The van der Waals surface area contributed by atoms with Crippen LogP contribution in [0.4, 0.5) is 4.39 Å². The molecule has 0 aliphatic heterocycles. The van der Waals surface area contributed by atoms with E-state index in [4.69, 9.17) is 5.11 Å². The molecule has 1 saturated carbocycles. The lowest BCUT2D eigenvalue weighted by molar-refractivity contribution is -0.142. The number of benzene rings is 1. The Balaban J connectivity index is 2.15. The molecule has 2 rings (SSSR count). The lowest BCUT2D eigenvalue weighted by Gasteiger charge is -2.16. The Hall–Kier alpha value is -0.900. The molecular weight excluding hydrogens is 287 g/mol. The summed E-state index contributed by atoms with van der Waals surface area (Å²) in [5.74, 6) is -1.15. The molecule has 1 fully saturated rings. The maximum absolute atomic E-state index is 13.3. The molecule has 1 aliphatic rings. The van der Waals surface area contributed by atoms with Crippen molar-refractivity contribution < 1.29 is 14.3 Å². The monoisotopic (exact) mass is 300 g/mol. The third-order valence-corrected chi connectivity index (χ3v) is 4.38. The van der Waals surface area contributed by atoms with Gasteiger partial charge in [-0.3, -0.25) is 4.79 Å². The Kier molecular flexibility index (Phi) is 3.82. The molecule has 1 aromatic rings.